The van der Waals surface area contributed by atoms with Crippen LogP contribution in [0.3, 0.4) is 0 Å². The van der Waals surface area contributed by atoms with Crippen LogP contribution in [0.15, 0.2) is 0 Å². The number of aromatic nitrogens is 2. The van der Waals surface area contributed by atoms with E-state index in [1.165, 1.54) is 37.0 Å². The Morgan fingerprint density at radius 1 is 1.44 bits per heavy atom. The fourth-order valence-corrected chi connectivity index (χ4v) is 2.92. The van der Waals surface area contributed by atoms with Crippen LogP contribution in [0.25, 0.3) is 0 Å². The first-order valence-corrected chi connectivity index (χ1v) is 6.60. The highest BCUT2D eigenvalue weighted by molar-refractivity contribution is 7.13. The van der Waals surface area contributed by atoms with Crippen molar-refractivity contribution in [3.05, 3.63) is 10.0 Å². The van der Waals surface area contributed by atoms with Crippen molar-refractivity contribution in [2.45, 2.75) is 39.0 Å². The Hall–Kier alpha value is -0.970. The minimum atomic E-state index is -0.349. The molecule has 0 radical (unpaired) electrons. The lowest BCUT2D eigenvalue weighted by Gasteiger charge is -2.03. The summed E-state index contributed by atoms with van der Waals surface area (Å²) < 4.78 is 4.88. The number of esters is 1. The number of carbonyl (C=O) groups is 1. The van der Waals surface area contributed by atoms with Crippen molar-refractivity contribution >= 4 is 17.3 Å². The second kappa shape index (κ2) is 5.39. The Morgan fingerprint density at radius 3 is 2.88 bits per heavy atom. The quantitative estimate of drug-likeness (QED) is 0.758. The second-order valence-corrected chi connectivity index (χ2v) is 5.14. The molecule has 4 nitrogen and oxygen atoms in total. The van der Waals surface area contributed by atoms with E-state index in [1.54, 1.807) is 6.92 Å². The molecular formula is C11H16N2O2S. The van der Waals surface area contributed by atoms with Crippen LogP contribution in [0, 0.1) is 5.92 Å². The van der Waals surface area contributed by atoms with Crippen molar-refractivity contribution in [3.63, 3.8) is 0 Å². The van der Waals surface area contributed by atoms with Crippen molar-refractivity contribution in [1.29, 1.82) is 0 Å². The maximum absolute atomic E-state index is 11.4. The fraction of sp³-hybridized carbons (Fsp3) is 0.727. The van der Waals surface area contributed by atoms with Crippen molar-refractivity contribution in [2.24, 2.45) is 5.92 Å². The molecule has 0 aliphatic heterocycles. The van der Waals surface area contributed by atoms with Crippen molar-refractivity contribution in [3.8, 4) is 0 Å². The molecule has 1 aromatic heterocycles. The van der Waals surface area contributed by atoms with E-state index in [-0.39, 0.29) is 5.97 Å². The molecule has 1 aliphatic rings. The van der Waals surface area contributed by atoms with Crippen LogP contribution in [-0.4, -0.2) is 22.8 Å². The van der Waals surface area contributed by atoms with Crippen LogP contribution in [0.1, 0.15) is 47.4 Å². The Labute approximate surface area is 99.0 Å². The van der Waals surface area contributed by atoms with Crippen molar-refractivity contribution in [2.75, 3.05) is 6.61 Å². The lowest BCUT2D eigenvalue weighted by Crippen LogP contribution is -2.03. The van der Waals surface area contributed by atoms with Gasteiger partial charge in [-0.25, -0.2) is 4.79 Å². The Morgan fingerprint density at radius 2 is 2.19 bits per heavy atom. The maximum atomic E-state index is 11.4. The van der Waals surface area contributed by atoms with Gasteiger partial charge in [-0.1, -0.05) is 37.0 Å². The van der Waals surface area contributed by atoms with E-state index in [0.29, 0.717) is 11.6 Å². The van der Waals surface area contributed by atoms with E-state index in [9.17, 15) is 4.79 Å². The van der Waals surface area contributed by atoms with Gasteiger partial charge in [0.2, 0.25) is 5.01 Å². The molecule has 5 heteroatoms. The van der Waals surface area contributed by atoms with Gasteiger partial charge in [0.25, 0.3) is 0 Å². The summed E-state index contributed by atoms with van der Waals surface area (Å²) in [7, 11) is 0. The minimum Gasteiger partial charge on any atom is -0.461 e. The summed E-state index contributed by atoms with van der Waals surface area (Å²) in [5, 5.41) is 9.27. The van der Waals surface area contributed by atoms with Gasteiger partial charge in [0.1, 0.15) is 5.01 Å². The number of carbonyl (C=O) groups excluding carboxylic acids is 1. The number of hydrogen-bond acceptors (Lipinski definition) is 5. The largest absolute Gasteiger partial charge is 0.461 e. The molecule has 16 heavy (non-hydrogen) atoms. The van der Waals surface area contributed by atoms with E-state index >= 15 is 0 Å². The molecule has 0 spiro atoms. The predicted molar refractivity (Wildman–Crippen MR) is 61.5 cm³/mol. The topological polar surface area (TPSA) is 52.1 Å². The van der Waals surface area contributed by atoms with E-state index in [4.69, 9.17) is 4.74 Å². The molecule has 0 saturated heterocycles. The summed E-state index contributed by atoms with van der Waals surface area (Å²) in [6, 6.07) is 0. The average Bonchev–Trinajstić information content (AvgIpc) is 2.90. The number of nitrogens with zero attached hydrogens (tertiary/aromatic N) is 2. The smallest absolute Gasteiger partial charge is 0.369 e. The summed E-state index contributed by atoms with van der Waals surface area (Å²) in [6.45, 7) is 2.18. The van der Waals surface area contributed by atoms with Gasteiger partial charge in [-0.15, -0.1) is 10.2 Å². The van der Waals surface area contributed by atoms with Crippen LogP contribution in [-0.2, 0) is 11.2 Å². The highest BCUT2D eigenvalue weighted by Crippen LogP contribution is 2.28. The summed E-state index contributed by atoms with van der Waals surface area (Å²) in [4.78, 5) is 11.4. The molecule has 1 aromatic rings. The monoisotopic (exact) mass is 240 g/mol. The SMILES string of the molecule is CCOC(=O)c1nnc(CC2CCCC2)s1. The third-order valence-electron chi connectivity index (χ3n) is 2.85. The minimum absolute atomic E-state index is 0.349. The van der Waals surface area contributed by atoms with Crippen LogP contribution in [0.2, 0.25) is 0 Å². The zero-order chi connectivity index (χ0) is 11.4. The van der Waals surface area contributed by atoms with Crippen LogP contribution in [0.5, 0.6) is 0 Å². The van der Waals surface area contributed by atoms with Gasteiger partial charge in [-0.05, 0) is 12.8 Å². The molecule has 0 amide bonds. The number of hydrogen-bond donors (Lipinski definition) is 0. The van der Waals surface area contributed by atoms with Crippen LogP contribution < -0.4 is 0 Å². The third kappa shape index (κ3) is 2.78. The molecule has 0 atom stereocenters. The molecule has 1 aliphatic carbocycles. The van der Waals surface area contributed by atoms with E-state index in [0.717, 1.165) is 17.3 Å². The fourth-order valence-electron chi connectivity index (χ4n) is 2.07. The molecule has 1 fully saturated rings. The lowest BCUT2D eigenvalue weighted by molar-refractivity contribution is 0.0525. The molecule has 88 valence electrons. The molecule has 1 saturated carbocycles. The van der Waals surface area contributed by atoms with Gasteiger partial charge in [0, 0.05) is 6.42 Å². The first-order valence-electron chi connectivity index (χ1n) is 5.79. The molecule has 1 heterocycles. The highest BCUT2D eigenvalue weighted by atomic mass is 32.1. The zero-order valence-electron chi connectivity index (χ0n) is 9.44. The van der Waals surface area contributed by atoms with Gasteiger partial charge >= 0.3 is 5.97 Å². The molecule has 2 rings (SSSR count). The summed E-state index contributed by atoms with van der Waals surface area (Å²) in [6.07, 6.45) is 6.20. The lowest BCUT2D eigenvalue weighted by atomic mass is 10.1. The Balaban J connectivity index is 1.93. The summed E-state index contributed by atoms with van der Waals surface area (Å²) in [5.41, 5.74) is 0. The van der Waals surface area contributed by atoms with E-state index in [2.05, 4.69) is 10.2 Å². The van der Waals surface area contributed by atoms with Gasteiger partial charge in [0.05, 0.1) is 6.61 Å². The zero-order valence-corrected chi connectivity index (χ0v) is 10.3. The van der Waals surface area contributed by atoms with Gasteiger partial charge in [0.15, 0.2) is 0 Å². The van der Waals surface area contributed by atoms with Gasteiger partial charge in [-0.2, -0.15) is 0 Å². The van der Waals surface area contributed by atoms with Crippen molar-refractivity contribution in [1.82, 2.24) is 10.2 Å². The number of ether oxygens (including phenoxy) is 1. The highest BCUT2D eigenvalue weighted by Gasteiger charge is 2.19. The average molecular weight is 240 g/mol. The normalized spacial score (nSPS) is 16.6. The molecule has 0 N–H and O–H groups in total. The molecule has 0 unspecified atom stereocenters. The Bertz CT molecular complexity index is 359. The Kier molecular flexibility index (Phi) is 3.88. The first kappa shape index (κ1) is 11.5. The van der Waals surface area contributed by atoms with Crippen molar-refractivity contribution < 1.29 is 9.53 Å². The summed E-state index contributed by atoms with van der Waals surface area (Å²) >= 11 is 1.37. The van der Waals surface area contributed by atoms with E-state index in [1.807, 2.05) is 0 Å². The molecular weight excluding hydrogens is 224 g/mol. The van der Waals surface area contributed by atoms with Gasteiger partial charge in [-0.3, -0.25) is 0 Å². The first-order chi connectivity index (χ1) is 7.79. The summed E-state index contributed by atoms with van der Waals surface area (Å²) in [5.74, 6) is 0.390. The maximum Gasteiger partial charge on any atom is 0.369 e. The van der Waals surface area contributed by atoms with Gasteiger partial charge < -0.3 is 4.74 Å². The molecule has 0 bridgehead atoms. The van der Waals surface area contributed by atoms with E-state index < -0.39 is 0 Å². The number of rotatable bonds is 4. The standard InChI is InChI=1S/C11H16N2O2S/c1-2-15-11(14)10-13-12-9(16-10)7-8-5-3-4-6-8/h8H,2-7H2,1H3. The predicted octanol–water partition coefficient (Wildman–Crippen LogP) is 2.45. The van der Waals surface area contributed by atoms with Crippen LogP contribution >= 0.6 is 11.3 Å². The third-order valence-corrected chi connectivity index (χ3v) is 3.78. The molecule has 0 aromatic carbocycles. The van der Waals surface area contributed by atoms with Crippen LogP contribution in [0.4, 0.5) is 0 Å². The second-order valence-electron chi connectivity index (χ2n) is 4.08.